The van der Waals surface area contributed by atoms with Crippen molar-refractivity contribution in [2.24, 2.45) is 0 Å². The lowest BCUT2D eigenvalue weighted by Crippen LogP contribution is -2.28. The van der Waals surface area contributed by atoms with E-state index in [1.165, 1.54) is 24.4 Å². The van der Waals surface area contributed by atoms with E-state index >= 15 is 0 Å². The summed E-state index contributed by atoms with van der Waals surface area (Å²) in [5, 5.41) is 2.73. The second kappa shape index (κ2) is 8.41. The number of hydrogen-bond donors (Lipinski definition) is 2. The van der Waals surface area contributed by atoms with Gasteiger partial charge in [0.05, 0.1) is 17.3 Å². The predicted octanol–water partition coefficient (Wildman–Crippen LogP) is 4.03. The van der Waals surface area contributed by atoms with Crippen molar-refractivity contribution in [3.8, 4) is 0 Å². The topological polar surface area (TPSA) is 88.2 Å². The van der Waals surface area contributed by atoms with Crippen LogP contribution in [0.15, 0.2) is 77.8 Å². The number of rotatable bonds is 6. The van der Waals surface area contributed by atoms with Gasteiger partial charge in [0.2, 0.25) is 0 Å². The van der Waals surface area contributed by atoms with Crippen molar-refractivity contribution in [3.05, 3.63) is 89.2 Å². The molecule has 0 spiro atoms. The van der Waals surface area contributed by atoms with Gasteiger partial charge in [0.15, 0.2) is 0 Å². The highest BCUT2D eigenvalue weighted by molar-refractivity contribution is 7.92. The molecule has 28 heavy (non-hydrogen) atoms. The first-order valence-electron chi connectivity index (χ1n) is 8.46. The van der Waals surface area contributed by atoms with Crippen LogP contribution >= 0.6 is 11.6 Å². The van der Waals surface area contributed by atoms with Gasteiger partial charge in [0.25, 0.3) is 15.9 Å². The Balaban J connectivity index is 1.85. The number of benzene rings is 2. The second-order valence-electron chi connectivity index (χ2n) is 6.05. The molecule has 0 radical (unpaired) electrons. The molecule has 2 N–H and O–H groups in total. The maximum atomic E-state index is 12.8. The Bertz CT molecular complexity index is 1090. The Morgan fingerprint density at radius 3 is 2.39 bits per heavy atom. The first-order valence-corrected chi connectivity index (χ1v) is 10.3. The summed E-state index contributed by atoms with van der Waals surface area (Å²) < 4.78 is 27.8. The fourth-order valence-corrected chi connectivity index (χ4v) is 4.17. The zero-order valence-electron chi connectivity index (χ0n) is 15.0. The van der Waals surface area contributed by atoms with Crippen molar-refractivity contribution in [2.45, 2.75) is 17.9 Å². The Hall–Kier alpha value is -2.90. The molecule has 6 nitrogen and oxygen atoms in total. The molecule has 1 atom stereocenters. The van der Waals surface area contributed by atoms with Gasteiger partial charge in [-0.2, -0.15) is 0 Å². The third kappa shape index (κ3) is 4.49. The molecule has 0 unspecified atom stereocenters. The molecule has 0 aliphatic rings. The third-order valence-electron chi connectivity index (χ3n) is 4.08. The van der Waals surface area contributed by atoms with Gasteiger partial charge in [0, 0.05) is 6.20 Å². The first-order chi connectivity index (χ1) is 13.4. The highest BCUT2D eigenvalue weighted by Crippen LogP contribution is 2.24. The van der Waals surface area contributed by atoms with E-state index < -0.39 is 15.9 Å². The summed E-state index contributed by atoms with van der Waals surface area (Å²) in [6, 6.07) is 18.4. The average molecular weight is 416 g/mol. The van der Waals surface area contributed by atoms with Crippen molar-refractivity contribution in [2.75, 3.05) is 4.72 Å². The Labute approximate surface area is 168 Å². The molecule has 0 aliphatic carbocycles. The van der Waals surface area contributed by atoms with Gasteiger partial charge < -0.3 is 5.32 Å². The Kier molecular flexibility index (Phi) is 5.96. The van der Waals surface area contributed by atoms with Crippen molar-refractivity contribution >= 4 is 33.2 Å². The number of sulfonamides is 1. The minimum atomic E-state index is -4.01. The largest absolute Gasteiger partial charge is 0.345 e. The van der Waals surface area contributed by atoms with Crippen LogP contribution in [0.2, 0.25) is 5.15 Å². The SMILES string of the molecule is C[C@@H](NC(=O)c1ccccc1NS(=O)(=O)c1cccnc1Cl)c1ccccc1. The number of aromatic nitrogens is 1. The summed E-state index contributed by atoms with van der Waals surface area (Å²) in [7, 11) is -4.01. The van der Waals surface area contributed by atoms with Crippen LogP contribution in [0.4, 0.5) is 5.69 Å². The average Bonchev–Trinajstić information content (AvgIpc) is 2.69. The van der Waals surface area contributed by atoms with E-state index in [-0.39, 0.29) is 27.3 Å². The monoisotopic (exact) mass is 415 g/mol. The molecule has 1 amide bonds. The standard InChI is InChI=1S/C20H18ClN3O3S/c1-14(15-8-3-2-4-9-15)23-20(25)16-10-5-6-11-17(16)24-28(26,27)18-12-7-13-22-19(18)21/h2-14,24H,1H3,(H,23,25)/t14-/m1/s1. The van der Waals surface area contributed by atoms with Gasteiger partial charge in [0.1, 0.15) is 10.0 Å². The minimum absolute atomic E-state index is 0.144. The van der Waals surface area contributed by atoms with Crippen LogP contribution in [0, 0.1) is 0 Å². The normalized spacial score (nSPS) is 12.2. The zero-order valence-corrected chi connectivity index (χ0v) is 16.5. The maximum absolute atomic E-state index is 12.8. The maximum Gasteiger partial charge on any atom is 0.264 e. The highest BCUT2D eigenvalue weighted by atomic mass is 35.5. The summed E-state index contributed by atoms with van der Waals surface area (Å²) >= 11 is 5.90. The number of hydrogen-bond acceptors (Lipinski definition) is 4. The summed E-state index contributed by atoms with van der Waals surface area (Å²) in [5.74, 6) is -0.396. The van der Waals surface area contributed by atoms with Gasteiger partial charge in [-0.05, 0) is 36.8 Å². The van der Waals surface area contributed by atoms with Gasteiger partial charge in [-0.3, -0.25) is 9.52 Å². The molecular weight excluding hydrogens is 398 g/mol. The number of amides is 1. The van der Waals surface area contributed by atoms with E-state index in [2.05, 4.69) is 15.0 Å². The molecule has 8 heteroatoms. The molecule has 0 fully saturated rings. The number of carbonyl (C=O) groups is 1. The van der Waals surface area contributed by atoms with Crippen LogP contribution in [0.1, 0.15) is 28.9 Å². The molecule has 3 aromatic rings. The number of anilines is 1. The second-order valence-corrected chi connectivity index (χ2v) is 8.06. The molecule has 0 bridgehead atoms. The van der Waals surface area contributed by atoms with E-state index in [4.69, 9.17) is 11.6 Å². The quantitative estimate of drug-likeness (QED) is 0.595. The van der Waals surface area contributed by atoms with E-state index in [1.54, 1.807) is 18.2 Å². The molecule has 0 aliphatic heterocycles. The van der Waals surface area contributed by atoms with Crippen molar-refractivity contribution < 1.29 is 13.2 Å². The van der Waals surface area contributed by atoms with Crippen LogP contribution in [-0.2, 0) is 10.0 Å². The Morgan fingerprint density at radius 2 is 1.68 bits per heavy atom. The van der Waals surface area contributed by atoms with Gasteiger partial charge >= 0.3 is 0 Å². The lowest BCUT2D eigenvalue weighted by atomic mass is 10.1. The third-order valence-corrected chi connectivity index (χ3v) is 5.89. The summed E-state index contributed by atoms with van der Waals surface area (Å²) in [6.07, 6.45) is 1.40. The van der Waals surface area contributed by atoms with Gasteiger partial charge in [-0.25, -0.2) is 13.4 Å². The molecule has 1 heterocycles. The zero-order chi connectivity index (χ0) is 20.1. The smallest absolute Gasteiger partial charge is 0.264 e. The number of nitrogens with zero attached hydrogens (tertiary/aromatic N) is 1. The summed E-state index contributed by atoms with van der Waals surface area (Å²) in [5.41, 5.74) is 1.30. The van der Waals surface area contributed by atoms with E-state index in [0.29, 0.717) is 0 Å². The fraction of sp³-hybridized carbons (Fsp3) is 0.100. The first kappa shape index (κ1) is 19.9. The summed E-state index contributed by atoms with van der Waals surface area (Å²) in [4.78, 5) is 16.4. The predicted molar refractivity (Wildman–Crippen MR) is 109 cm³/mol. The van der Waals surface area contributed by atoms with E-state index in [9.17, 15) is 13.2 Å². The molecule has 0 saturated heterocycles. The lowest BCUT2D eigenvalue weighted by Gasteiger charge is -2.17. The molecule has 3 rings (SSSR count). The molecule has 144 valence electrons. The van der Waals surface area contributed by atoms with E-state index in [0.717, 1.165) is 5.56 Å². The summed E-state index contributed by atoms with van der Waals surface area (Å²) in [6.45, 7) is 1.86. The molecule has 2 aromatic carbocycles. The number of halogens is 1. The van der Waals surface area contributed by atoms with Crippen molar-refractivity contribution in [1.82, 2.24) is 10.3 Å². The number of para-hydroxylation sites is 1. The highest BCUT2D eigenvalue weighted by Gasteiger charge is 2.22. The van der Waals surface area contributed by atoms with Crippen LogP contribution in [-0.4, -0.2) is 19.3 Å². The van der Waals surface area contributed by atoms with Crippen molar-refractivity contribution in [1.29, 1.82) is 0 Å². The fourth-order valence-electron chi connectivity index (χ4n) is 2.64. The molecule has 0 saturated carbocycles. The van der Waals surface area contributed by atoms with Crippen LogP contribution in [0.5, 0.6) is 0 Å². The number of carbonyl (C=O) groups excluding carboxylic acids is 1. The van der Waals surface area contributed by atoms with Gasteiger partial charge in [-0.1, -0.05) is 54.1 Å². The Morgan fingerprint density at radius 1 is 1.00 bits per heavy atom. The number of nitrogens with one attached hydrogen (secondary N) is 2. The molecular formula is C20H18ClN3O3S. The van der Waals surface area contributed by atoms with Crippen LogP contribution in [0.25, 0.3) is 0 Å². The van der Waals surface area contributed by atoms with Crippen LogP contribution < -0.4 is 10.0 Å². The van der Waals surface area contributed by atoms with Gasteiger partial charge in [-0.15, -0.1) is 0 Å². The van der Waals surface area contributed by atoms with E-state index in [1.807, 2.05) is 37.3 Å². The number of pyridine rings is 1. The lowest BCUT2D eigenvalue weighted by molar-refractivity contribution is 0.0941. The molecule has 1 aromatic heterocycles. The minimum Gasteiger partial charge on any atom is -0.345 e. The van der Waals surface area contributed by atoms with Crippen molar-refractivity contribution in [3.63, 3.8) is 0 Å². The van der Waals surface area contributed by atoms with Crippen LogP contribution in [0.3, 0.4) is 0 Å².